The Morgan fingerprint density at radius 2 is 2.10 bits per heavy atom. The summed E-state index contributed by atoms with van der Waals surface area (Å²) in [5.74, 6) is -0.0694. The maximum atomic E-state index is 13.0. The number of hydrogen-bond acceptors (Lipinski definition) is 5. The zero-order valence-electron chi connectivity index (χ0n) is 17.4. The zero-order chi connectivity index (χ0) is 21.5. The first kappa shape index (κ1) is 19.6. The second-order valence-electron chi connectivity index (χ2n) is 8.00. The summed E-state index contributed by atoms with van der Waals surface area (Å²) in [7, 11) is 0. The van der Waals surface area contributed by atoms with Gasteiger partial charge in [0.2, 0.25) is 5.91 Å². The fourth-order valence-corrected chi connectivity index (χ4v) is 5.21. The first-order valence-corrected chi connectivity index (χ1v) is 11.1. The number of hydrogen-bond donors (Lipinski definition) is 3. The molecule has 0 radical (unpaired) electrons. The lowest BCUT2D eigenvalue weighted by Crippen LogP contribution is -2.37. The number of anilines is 2. The van der Waals surface area contributed by atoms with Gasteiger partial charge in [0.05, 0.1) is 20.8 Å². The van der Waals surface area contributed by atoms with E-state index < -0.39 is 0 Å². The molecule has 8 heteroatoms. The molecule has 7 nitrogen and oxygen atoms in total. The third kappa shape index (κ3) is 3.86. The number of aromatic amines is 1. The van der Waals surface area contributed by atoms with E-state index in [-0.39, 0.29) is 17.9 Å². The Kier molecular flexibility index (Phi) is 4.86. The Labute approximate surface area is 183 Å². The predicted octanol–water partition coefficient (Wildman–Crippen LogP) is 4.18. The lowest BCUT2D eigenvalue weighted by atomic mass is 10.2. The Morgan fingerprint density at radius 1 is 1.23 bits per heavy atom. The number of carbonyl (C=O) groups is 2. The Bertz CT molecular complexity index is 1310. The minimum absolute atomic E-state index is 0.00832. The molecule has 3 N–H and O–H groups in total. The van der Waals surface area contributed by atoms with Gasteiger partial charge in [-0.05, 0) is 49.7 Å². The molecule has 4 aromatic rings. The molecule has 4 heterocycles. The molecule has 1 aromatic carbocycles. The van der Waals surface area contributed by atoms with E-state index >= 15 is 0 Å². The van der Waals surface area contributed by atoms with E-state index in [1.165, 1.54) is 18.3 Å². The van der Waals surface area contributed by atoms with Crippen LogP contribution in [0.2, 0.25) is 0 Å². The number of amides is 2. The number of pyridine rings is 1. The molecule has 0 spiro atoms. The molecule has 158 valence electrons. The number of benzene rings is 1. The summed E-state index contributed by atoms with van der Waals surface area (Å²) in [4.78, 5) is 34.6. The van der Waals surface area contributed by atoms with Gasteiger partial charge < -0.3 is 20.5 Å². The average molecular weight is 434 g/mol. The number of H-pyrrole nitrogens is 1. The lowest BCUT2D eigenvalue weighted by molar-refractivity contribution is -0.119. The van der Waals surface area contributed by atoms with Crippen LogP contribution in [0.25, 0.3) is 21.1 Å². The third-order valence-electron chi connectivity index (χ3n) is 5.54. The van der Waals surface area contributed by atoms with Gasteiger partial charge in [0, 0.05) is 54.5 Å². The summed E-state index contributed by atoms with van der Waals surface area (Å²) in [5.41, 5.74) is 4.95. The highest BCUT2D eigenvalue weighted by molar-refractivity contribution is 7.21. The molecular weight excluding hydrogens is 410 g/mol. The van der Waals surface area contributed by atoms with Crippen LogP contribution in [0, 0.1) is 6.92 Å². The van der Waals surface area contributed by atoms with Crippen LogP contribution >= 0.6 is 11.3 Å². The van der Waals surface area contributed by atoms with Crippen molar-refractivity contribution in [1.82, 2.24) is 20.2 Å². The molecule has 5 rings (SSSR count). The van der Waals surface area contributed by atoms with Crippen molar-refractivity contribution in [1.29, 1.82) is 0 Å². The maximum absolute atomic E-state index is 13.0. The van der Waals surface area contributed by atoms with Gasteiger partial charge in [-0.2, -0.15) is 0 Å². The monoisotopic (exact) mass is 433 g/mol. The van der Waals surface area contributed by atoms with Crippen LogP contribution in [-0.2, 0) is 4.79 Å². The summed E-state index contributed by atoms with van der Waals surface area (Å²) in [6.45, 7) is 4.74. The zero-order valence-corrected chi connectivity index (χ0v) is 18.2. The van der Waals surface area contributed by atoms with Gasteiger partial charge in [-0.15, -0.1) is 11.3 Å². The summed E-state index contributed by atoms with van der Waals surface area (Å²) in [5, 5.41) is 7.53. The molecule has 0 bridgehead atoms. The standard InChI is InChI=1S/C23H23N5O2S/c1-13-9-15-10-16(3-4-18(15)25-13)27-19-5-7-24-20-11-21(31-22(19)20)23(30)28-8-6-17(12-28)26-14(2)29/h3-5,7,9-11,17,25H,6,8,12H2,1-2H3,(H,24,27)(H,26,29). The van der Waals surface area contributed by atoms with Crippen LogP contribution in [-0.4, -0.2) is 45.8 Å². The van der Waals surface area contributed by atoms with Crippen LogP contribution in [0.15, 0.2) is 42.6 Å². The van der Waals surface area contributed by atoms with Crippen molar-refractivity contribution in [3.63, 3.8) is 0 Å². The van der Waals surface area contributed by atoms with E-state index in [9.17, 15) is 9.59 Å². The van der Waals surface area contributed by atoms with E-state index in [2.05, 4.69) is 38.8 Å². The Morgan fingerprint density at radius 3 is 2.94 bits per heavy atom. The SMILES string of the molecule is CC(=O)NC1CCN(C(=O)c2cc3nccc(Nc4ccc5[nH]c(C)cc5c4)c3s2)C1. The number of rotatable bonds is 4. The number of nitrogens with zero attached hydrogens (tertiary/aromatic N) is 2. The molecule has 1 fully saturated rings. The Hall–Kier alpha value is -3.39. The van der Waals surface area contributed by atoms with Crippen LogP contribution in [0.4, 0.5) is 11.4 Å². The van der Waals surface area contributed by atoms with Gasteiger partial charge in [0.25, 0.3) is 5.91 Å². The van der Waals surface area contributed by atoms with E-state index in [1.807, 2.05) is 25.1 Å². The van der Waals surface area contributed by atoms with Crippen molar-refractivity contribution in [2.45, 2.75) is 26.3 Å². The van der Waals surface area contributed by atoms with Crippen molar-refractivity contribution in [2.75, 3.05) is 18.4 Å². The molecule has 3 aromatic heterocycles. The highest BCUT2D eigenvalue weighted by Crippen LogP contribution is 2.34. The van der Waals surface area contributed by atoms with Crippen molar-refractivity contribution in [2.24, 2.45) is 0 Å². The van der Waals surface area contributed by atoms with Gasteiger partial charge >= 0.3 is 0 Å². The predicted molar refractivity (Wildman–Crippen MR) is 124 cm³/mol. The van der Waals surface area contributed by atoms with Crippen LogP contribution in [0.3, 0.4) is 0 Å². The van der Waals surface area contributed by atoms with Gasteiger partial charge in [-0.3, -0.25) is 14.6 Å². The minimum Gasteiger partial charge on any atom is -0.359 e. The van der Waals surface area contributed by atoms with Crippen molar-refractivity contribution in [3.05, 3.63) is 53.2 Å². The summed E-state index contributed by atoms with van der Waals surface area (Å²) in [6.07, 6.45) is 2.54. The van der Waals surface area contributed by atoms with Gasteiger partial charge in [0.15, 0.2) is 0 Å². The second kappa shape index (κ2) is 7.70. The highest BCUT2D eigenvalue weighted by atomic mass is 32.1. The summed E-state index contributed by atoms with van der Waals surface area (Å²) in [6, 6.07) is 12.1. The average Bonchev–Trinajstić information content (AvgIpc) is 3.44. The molecule has 31 heavy (non-hydrogen) atoms. The van der Waals surface area contributed by atoms with Gasteiger partial charge in [0.1, 0.15) is 0 Å². The second-order valence-corrected chi connectivity index (χ2v) is 9.05. The lowest BCUT2D eigenvalue weighted by Gasteiger charge is -2.15. The van der Waals surface area contributed by atoms with Gasteiger partial charge in [-0.25, -0.2) is 0 Å². The first-order valence-electron chi connectivity index (χ1n) is 10.3. The third-order valence-corrected chi connectivity index (χ3v) is 6.69. The number of fused-ring (bicyclic) bond motifs is 2. The van der Waals surface area contributed by atoms with E-state index in [4.69, 9.17) is 0 Å². The van der Waals surface area contributed by atoms with Crippen LogP contribution in [0.1, 0.15) is 28.7 Å². The molecule has 1 saturated heterocycles. The van der Waals surface area contributed by atoms with Crippen molar-refractivity contribution >= 4 is 55.6 Å². The number of carbonyl (C=O) groups excluding carboxylic acids is 2. The number of aromatic nitrogens is 2. The normalized spacial score (nSPS) is 16.2. The molecule has 0 saturated carbocycles. The molecule has 0 aliphatic carbocycles. The number of nitrogens with one attached hydrogen (secondary N) is 3. The van der Waals surface area contributed by atoms with Crippen LogP contribution < -0.4 is 10.6 Å². The van der Waals surface area contributed by atoms with Crippen molar-refractivity contribution in [3.8, 4) is 0 Å². The molecular formula is C23H23N5O2S. The fraction of sp³-hybridized carbons (Fsp3) is 0.261. The quantitative estimate of drug-likeness (QED) is 0.450. The molecule has 1 unspecified atom stereocenters. The minimum atomic E-state index is -0.0611. The molecule has 1 aliphatic rings. The number of aryl methyl sites for hydroxylation is 1. The van der Waals surface area contributed by atoms with Crippen molar-refractivity contribution < 1.29 is 9.59 Å². The van der Waals surface area contributed by atoms with Gasteiger partial charge in [-0.1, -0.05) is 0 Å². The summed E-state index contributed by atoms with van der Waals surface area (Å²) < 4.78 is 0.953. The highest BCUT2D eigenvalue weighted by Gasteiger charge is 2.28. The summed E-state index contributed by atoms with van der Waals surface area (Å²) >= 11 is 1.45. The van der Waals surface area contributed by atoms with E-state index in [1.54, 1.807) is 11.1 Å². The largest absolute Gasteiger partial charge is 0.359 e. The van der Waals surface area contributed by atoms with E-state index in [0.717, 1.165) is 44.6 Å². The molecule has 2 amide bonds. The van der Waals surface area contributed by atoms with E-state index in [0.29, 0.717) is 18.0 Å². The smallest absolute Gasteiger partial charge is 0.264 e. The Balaban J connectivity index is 1.39. The van der Waals surface area contributed by atoms with Crippen LogP contribution in [0.5, 0.6) is 0 Å². The maximum Gasteiger partial charge on any atom is 0.264 e. The molecule has 1 atom stereocenters. The molecule has 1 aliphatic heterocycles. The first-order chi connectivity index (χ1) is 15.0. The number of thiophene rings is 1. The topological polar surface area (TPSA) is 90.1 Å². The number of likely N-dealkylation sites (tertiary alicyclic amines) is 1. The fourth-order valence-electron chi connectivity index (χ4n) is 4.16.